The molecule has 0 aromatic heterocycles. The Hall–Kier alpha value is -0.353. The van der Waals surface area contributed by atoms with E-state index in [0.717, 1.165) is 12.8 Å². The summed E-state index contributed by atoms with van der Waals surface area (Å²) in [6.07, 6.45) is 3.37. The second kappa shape index (κ2) is 3.32. The van der Waals surface area contributed by atoms with Gasteiger partial charge < -0.3 is 9.16 Å². The highest BCUT2D eigenvalue weighted by Crippen LogP contribution is 2.64. The van der Waals surface area contributed by atoms with Crippen molar-refractivity contribution >= 4 is 14.3 Å². The fourth-order valence-corrected chi connectivity index (χ4v) is 4.61. The average molecular weight is 228 g/mol. The Kier molecular flexibility index (Phi) is 2.46. The monoisotopic (exact) mass is 228 g/mol. The van der Waals surface area contributed by atoms with Crippen molar-refractivity contribution in [1.29, 1.82) is 0 Å². The molecule has 0 aromatic carbocycles. The van der Waals surface area contributed by atoms with Gasteiger partial charge in [-0.3, -0.25) is 4.79 Å². The van der Waals surface area contributed by atoms with Crippen molar-refractivity contribution in [2.75, 3.05) is 7.11 Å². The number of fused-ring (bicyclic) bond motifs is 1. The van der Waals surface area contributed by atoms with E-state index >= 15 is 0 Å². The van der Waals surface area contributed by atoms with Crippen LogP contribution in [0.4, 0.5) is 0 Å². The minimum atomic E-state index is -1.56. The number of carbonyl (C=O) groups excluding carboxylic acids is 1. The van der Waals surface area contributed by atoms with E-state index in [1.165, 1.54) is 13.5 Å². The van der Waals surface area contributed by atoms with E-state index in [0.29, 0.717) is 5.92 Å². The van der Waals surface area contributed by atoms with E-state index in [1.54, 1.807) is 0 Å². The first kappa shape index (κ1) is 11.1. The molecule has 0 saturated heterocycles. The maximum absolute atomic E-state index is 11.6. The lowest BCUT2D eigenvalue weighted by Gasteiger charge is -2.26. The van der Waals surface area contributed by atoms with Crippen molar-refractivity contribution in [2.24, 2.45) is 11.8 Å². The van der Waals surface area contributed by atoms with Crippen molar-refractivity contribution in [3.63, 3.8) is 0 Å². The molecule has 4 heteroatoms. The van der Waals surface area contributed by atoms with Crippen molar-refractivity contribution in [2.45, 2.75) is 44.5 Å². The summed E-state index contributed by atoms with van der Waals surface area (Å²) in [5.74, 6) is 0.401. The molecule has 2 fully saturated rings. The predicted octanol–water partition coefficient (Wildman–Crippen LogP) is 2.18. The number of methoxy groups -OCH3 is 1. The standard InChI is InChI=1S/C11H20O3Si/c1-13-10(12)9-8-6-5-7-11(8,9)14-15(2,3)4/h8-9H,5-7H2,1-4H3/t8-,9+,11+/m0/s1. The Morgan fingerprint density at radius 1 is 1.40 bits per heavy atom. The minimum absolute atomic E-state index is 0.0305. The zero-order valence-electron chi connectivity index (χ0n) is 10.0. The quantitative estimate of drug-likeness (QED) is 0.548. The highest BCUT2D eigenvalue weighted by molar-refractivity contribution is 6.69. The number of hydrogen-bond acceptors (Lipinski definition) is 3. The number of rotatable bonds is 3. The van der Waals surface area contributed by atoms with Gasteiger partial charge in [0.2, 0.25) is 0 Å². The van der Waals surface area contributed by atoms with Gasteiger partial charge in [0.15, 0.2) is 8.32 Å². The lowest BCUT2D eigenvalue weighted by atomic mass is 10.1. The van der Waals surface area contributed by atoms with Crippen LogP contribution in [0, 0.1) is 11.8 Å². The minimum Gasteiger partial charge on any atom is -0.469 e. The van der Waals surface area contributed by atoms with Crippen LogP contribution in [0.3, 0.4) is 0 Å². The Bertz CT molecular complexity index is 284. The average Bonchev–Trinajstić information content (AvgIpc) is 2.49. The molecule has 0 amide bonds. The molecular formula is C11H20O3Si. The molecule has 0 unspecified atom stereocenters. The normalized spacial score (nSPS) is 38.7. The van der Waals surface area contributed by atoms with Crippen LogP contribution in [0.1, 0.15) is 19.3 Å². The summed E-state index contributed by atoms with van der Waals surface area (Å²) in [6, 6.07) is 0. The van der Waals surface area contributed by atoms with Gasteiger partial charge in [-0.05, 0) is 32.5 Å². The first-order chi connectivity index (χ1) is 6.91. The summed E-state index contributed by atoms with van der Waals surface area (Å²) in [6.45, 7) is 6.55. The van der Waals surface area contributed by atoms with Gasteiger partial charge in [-0.15, -0.1) is 0 Å². The molecule has 15 heavy (non-hydrogen) atoms. The lowest BCUT2D eigenvalue weighted by molar-refractivity contribution is -0.144. The van der Waals surface area contributed by atoms with Gasteiger partial charge in [-0.25, -0.2) is 0 Å². The van der Waals surface area contributed by atoms with E-state index in [9.17, 15) is 4.79 Å². The van der Waals surface area contributed by atoms with Crippen LogP contribution in [-0.4, -0.2) is 27.0 Å². The molecule has 0 aromatic rings. The summed E-state index contributed by atoms with van der Waals surface area (Å²) in [4.78, 5) is 11.6. The van der Waals surface area contributed by atoms with Crippen LogP contribution < -0.4 is 0 Å². The zero-order chi connectivity index (χ0) is 11.3. The van der Waals surface area contributed by atoms with Crippen LogP contribution in [0.25, 0.3) is 0 Å². The van der Waals surface area contributed by atoms with E-state index in [-0.39, 0.29) is 17.5 Å². The van der Waals surface area contributed by atoms with Gasteiger partial charge in [-0.2, -0.15) is 0 Å². The molecule has 0 heterocycles. The Morgan fingerprint density at radius 2 is 2.07 bits per heavy atom. The maximum atomic E-state index is 11.6. The molecular weight excluding hydrogens is 208 g/mol. The second-order valence-corrected chi connectivity index (χ2v) is 10.1. The summed E-state index contributed by atoms with van der Waals surface area (Å²) >= 11 is 0. The molecule has 2 aliphatic carbocycles. The van der Waals surface area contributed by atoms with Gasteiger partial charge in [0.1, 0.15) is 0 Å². The fraction of sp³-hybridized carbons (Fsp3) is 0.909. The molecule has 3 atom stereocenters. The molecule has 0 N–H and O–H groups in total. The van der Waals surface area contributed by atoms with Crippen molar-refractivity contribution in [3.8, 4) is 0 Å². The van der Waals surface area contributed by atoms with E-state index in [2.05, 4.69) is 19.6 Å². The van der Waals surface area contributed by atoms with Gasteiger partial charge >= 0.3 is 5.97 Å². The lowest BCUT2D eigenvalue weighted by Crippen LogP contribution is -2.35. The van der Waals surface area contributed by atoms with E-state index in [1.807, 2.05) is 0 Å². The zero-order valence-corrected chi connectivity index (χ0v) is 11.0. The van der Waals surface area contributed by atoms with E-state index < -0.39 is 8.32 Å². The van der Waals surface area contributed by atoms with E-state index in [4.69, 9.17) is 9.16 Å². The third kappa shape index (κ3) is 1.74. The second-order valence-electron chi connectivity index (χ2n) is 5.67. The molecule has 0 bridgehead atoms. The Morgan fingerprint density at radius 3 is 2.60 bits per heavy atom. The third-order valence-electron chi connectivity index (χ3n) is 3.48. The molecule has 2 rings (SSSR count). The molecule has 2 saturated carbocycles. The maximum Gasteiger partial charge on any atom is 0.311 e. The third-order valence-corrected chi connectivity index (χ3v) is 4.47. The first-order valence-corrected chi connectivity index (χ1v) is 9.09. The van der Waals surface area contributed by atoms with Crippen molar-refractivity contribution < 1.29 is 14.0 Å². The van der Waals surface area contributed by atoms with Crippen LogP contribution >= 0.6 is 0 Å². The Balaban J connectivity index is 2.10. The molecule has 0 spiro atoms. The highest BCUT2D eigenvalue weighted by Gasteiger charge is 2.72. The smallest absolute Gasteiger partial charge is 0.311 e. The Labute approximate surface area is 92.3 Å². The largest absolute Gasteiger partial charge is 0.469 e. The number of hydrogen-bond donors (Lipinski definition) is 0. The molecule has 86 valence electrons. The van der Waals surface area contributed by atoms with Crippen molar-refractivity contribution in [1.82, 2.24) is 0 Å². The number of esters is 1. The van der Waals surface area contributed by atoms with Crippen LogP contribution in [0.5, 0.6) is 0 Å². The van der Waals surface area contributed by atoms with Gasteiger partial charge in [0, 0.05) is 5.92 Å². The van der Waals surface area contributed by atoms with Gasteiger partial charge in [0.25, 0.3) is 0 Å². The SMILES string of the molecule is COC(=O)[C@H]1[C@@H]2CCC[C@@]21O[Si](C)(C)C. The summed E-state index contributed by atoms with van der Waals surface area (Å²) in [5, 5.41) is 0. The van der Waals surface area contributed by atoms with Gasteiger partial charge in [-0.1, -0.05) is 6.42 Å². The van der Waals surface area contributed by atoms with Crippen LogP contribution in [0.2, 0.25) is 19.6 Å². The molecule has 0 radical (unpaired) electrons. The molecule has 3 nitrogen and oxygen atoms in total. The number of carbonyl (C=O) groups is 1. The number of ether oxygens (including phenoxy) is 1. The molecule has 0 aliphatic heterocycles. The summed E-state index contributed by atoms with van der Waals surface area (Å²) in [7, 11) is -0.0903. The molecule has 2 aliphatic rings. The van der Waals surface area contributed by atoms with Crippen molar-refractivity contribution in [3.05, 3.63) is 0 Å². The first-order valence-electron chi connectivity index (χ1n) is 5.69. The topological polar surface area (TPSA) is 35.5 Å². The predicted molar refractivity (Wildman–Crippen MR) is 60.0 cm³/mol. The fourth-order valence-electron chi connectivity index (χ4n) is 3.09. The van der Waals surface area contributed by atoms with Gasteiger partial charge in [0.05, 0.1) is 18.6 Å². The highest BCUT2D eigenvalue weighted by atomic mass is 28.4. The van der Waals surface area contributed by atoms with Crippen LogP contribution in [-0.2, 0) is 14.0 Å². The van der Waals surface area contributed by atoms with Crippen LogP contribution in [0.15, 0.2) is 0 Å². The summed E-state index contributed by atoms with van der Waals surface area (Å²) in [5.41, 5.74) is -0.127. The summed E-state index contributed by atoms with van der Waals surface area (Å²) < 4.78 is 11.1.